The van der Waals surface area contributed by atoms with Gasteiger partial charge in [-0.2, -0.15) is 12.6 Å². The lowest BCUT2D eigenvalue weighted by atomic mass is 10.1. The molecule has 1 heterocycles. The zero-order valence-electron chi connectivity index (χ0n) is 10.5. The molecule has 0 spiro atoms. The third-order valence-electron chi connectivity index (χ3n) is 3.03. The van der Waals surface area contributed by atoms with Gasteiger partial charge in [-0.05, 0) is 18.1 Å². The first-order valence-corrected chi connectivity index (χ1v) is 6.76. The van der Waals surface area contributed by atoms with Crippen LogP contribution in [0.2, 0.25) is 0 Å². The van der Waals surface area contributed by atoms with Crippen LogP contribution in [0.15, 0.2) is 30.5 Å². The molecule has 4 heteroatoms. The van der Waals surface area contributed by atoms with Crippen molar-refractivity contribution < 1.29 is 4.79 Å². The van der Waals surface area contributed by atoms with Crippen molar-refractivity contribution in [2.75, 3.05) is 12.3 Å². The Morgan fingerprint density at radius 1 is 1.39 bits per heavy atom. The number of carbonyl (C=O) groups is 1. The van der Waals surface area contributed by atoms with Crippen LogP contribution in [0.5, 0.6) is 0 Å². The molecule has 0 aliphatic rings. The number of benzene rings is 1. The summed E-state index contributed by atoms with van der Waals surface area (Å²) in [5, 5.41) is 4.07. The van der Waals surface area contributed by atoms with Crippen LogP contribution < -0.4 is 5.32 Å². The fourth-order valence-electron chi connectivity index (χ4n) is 2.16. The average molecular weight is 262 g/mol. The minimum absolute atomic E-state index is 0.0944. The highest BCUT2D eigenvalue weighted by Gasteiger charge is 2.07. The maximum atomic E-state index is 11.6. The van der Waals surface area contributed by atoms with Crippen LogP contribution in [0, 0.1) is 0 Å². The summed E-state index contributed by atoms with van der Waals surface area (Å²) in [7, 11) is 2.03. The van der Waals surface area contributed by atoms with Crippen LogP contribution >= 0.6 is 12.6 Å². The van der Waals surface area contributed by atoms with E-state index in [0.717, 1.165) is 6.42 Å². The molecule has 3 nitrogen and oxygen atoms in total. The molecule has 0 bridgehead atoms. The van der Waals surface area contributed by atoms with Crippen molar-refractivity contribution in [1.29, 1.82) is 0 Å². The van der Waals surface area contributed by atoms with Crippen molar-refractivity contribution in [2.24, 2.45) is 7.05 Å². The Morgan fingerprint density at radius 2 is 2.17 bits per heavy atom. The van der Waals surface area contributed by atoms with E-state index in [0.29, 0.717) is 18.7 Å². The molecule has 0 atom stereocenters. The predicted molar refractivity (Wildman–Crippen MR) is 78.1 cm³/mol. The molecule has 0 saturated heterocycles. The third-order valence-corrected chi connectivity index (χ3v) is 3.26. The van der Waals surface area contributed by atoms with Crippen molar-refractivity contribution in [1.82, 2.24) is 9.88 Å². The van der Waals surface area contributed by atoms with Crippen LogP contribution in [0.3, 0.4) is 0 Å². The van der Waals surface area contributed by atoms with Crippen molar-refractivity contribution in [3.8, 4) is 0 Å². The van der Waals surface area contributed by atoms with Gasteiger partial charge >= 0.3 is 0 Å². The van der Waals surface area contributed by atoms with Gasteiger partial charge in [-0.3, -0.25) is 4.79 Å². The van der Waals surface area contributed by atoms with E-state index in [1.807, 2.05) is 19.2 Å². The van der Waals surface area contributed by atoms with Gasteiger partial charge in [-0.25, -0.2) is 0 Å². The van der Waals surface area contributed by atoms with Gasteiger partial charge in [0.2, 0.25) is 5.91 Å². The third kappa shape index (κ3) is 2.88. The molecule has 2 aromatic rings. The number of aromatic nitrogens is 1. The lowest BCUT2D eigenvalue weighted by molar-refractivity contribution is -0.120. The molecule has 0 radical (unpaired) electrons. The first-order valence-electron chi connectivity index (χ1n) is 6.13. The summed E-state index contributed by atoms with van der Waals surface area (Å²) < 4.78 is 2.11. The molecule has 0 aliphatic heterocycles. The first-order chi connectivity index (χ1) is 8.72. The molecule has 2 rings (SSSR count). The van der Waals surface area contributed by atoms with Crippen LogP contribution in [0.1, 0.15) is 12.0 Å². The van der Waals surface area contributed by atoms with Crippen molar-refractivity contribution in [2.45, 2.75) is 12.8 Å². The molecule has 1 N–H and O–H groups in total. The minimum atomic E-state index is 0.0944. The Balaban J connectivity index is 2.06. The van der Waals surface area contributed by atoms with E-state index in [4.69, 9.17) is 0 Å². The lowest BCUT2D eigenvalue weighted by Gasteiger charge is -2.02. The van der Waals surface area contributed by atoms with E-state index in [1.54, 1.807) is 0 Å². The van der Waals surface area contributed by atoms with E-state index < -0.39 is 0 Å². The molecule has 18 heavy (non-hydrogen) atoms. The van der Waals surface area contributed by atoms with Crippen LogP contribution in [0.25, 0.3) is 10.9 Å². The van der Waals surface area contributed by atoms with Crippen molar-refractivity contribution >= 4 is 29.4 Å². The summed E-state index contributed by atoms with van der Waals surface area (Å²) in [6.07, 6.45) is 3.41. The van der Waals surface area contributed by atoms with Gasteiger partial charge in [0.15, 0.2) is 0 Å². The molecule has 0 aliphatic carbocycles. The number of thiol groups is 1. The summed E-state index contributed by atoms with van der Waals surface area (Å²) in [6, 6.07) is 8.27. The number of carbonyl (C=O) groups excluding carboxylic acids is 1. The number of fused-ring (bicyclic) bond motifs is 1. The number of rotatable bonds is 5. The predicted octanol–water partition coefficient (Wildman–Crippen LogP) is 2.16. The quantitative estimate of drug-likeness (QED) is 0.796. The molecule has 1 aromatic carbocycles. The standard InChI is InChI=1S/C14H18N2OS/c1-16-10-11(6-7-14(17)15-8-9-18)12-4-2-3-5-13(12)16/h2-5,10,18H,6-9H2,1H3,(H,15,17). The van der Waals surface area contributed by atoms with Crippen molar-refractivity contribution in [3.63, 3.8) is 0 Å². The number of hydrogen-bond donors (Lipinski definition) is 2. The number of hydrogen-bond acceptors (Lipinski definition) is 2. The first kappa shape index (κ1) is 13.0. The maximum Gasteiger partial charge on any atom is 0.220 e. The summed E-state index contributed by atoms with van der Waals surface area (Å²) in [6.45, 7) is 0.636. The normalized spacial score (nSPS) is 10.8. The molecule has 0 fully saturated rings. The highest BCUT2D eigenvalue weighted by Crippen LogP contribution is 2.21. The highest BCUT2D eigenvalue weighted by atomic mass is 32.1. The van der Waals surface area contributed by atoms with Gasteiger partial charge in [-0.1, -0.05) is 18.2 Å². The summed E-state index contributed by atoms with van der Waals surface area (Å²) in [5.41, 5.74) is 2.44. The number of nitrogens with one attached hydrogen (secondary N) is 1. The minimum Gasteiger partial charge on any atom is -0.355 e. The van der Waals surface area contributed by atoms with Crippen LogP contribution in [-0.4, -0.2) is 22.8 Å². The number of para-hydroxylation sites is 1. The smallest absolute Gasteiger partial charge is 0.220 e. The zero-order valence-corrected chi connectivity index (χ0v) is 11.4. The van der Waals surface area contributed by atoms with Crippen LogP contribution in [0.4, 0.5) is 0 Å². The largest absolute Gasteiger partial charge is 0.355 e. The molecule has 0 unspecified atom stereocenters. The number of aryl methyl sites for hydroxylation is 2. The number of nitrogens with zero attached hydrogens (tertiary/aromatic N) is 1. The van der Waals surface area contributed by atoms with Crippen molar-refractivity contribution in [3.05, 3.63) is 36.0 Å². The second kappa shape index (κ2) is 5.96. The molecule has 96 valence electrons. The molecule has 1 aromatic heterocycles. The highest BCUT2D eigenvalue weighted by molar-refractivity contribution is 7.80. The SMILES string of the molecule is Cn1cc(CCC(=O)NCCS)c2ccccc21. The Hall–Kier alpha value is -1.42. The zero-order chi connectivity index (χ0) is 13.0. The monoisotopic (exact) mass is 262 g/mol. The summed E-state index contributed by atoms with van der Waals surface area (Å²) in [4.78, 5) is 11.6. The van der Waals surface area contributed by atoms with E-state index in [1.165, 1.54) is 16.5 Å². The maximum absolute atomic E-state index is 11.6. The fourth-order valence-corrected chi connectivity index (χ4v) is 2.27. The van der Waals surface area contributed by atoms with E-state index in [2.05, 4.69) is 40.8 Å². The fraction of sp³-hybridized carbons (Fsp3) is 0.357. The Labute approximate surface area is 113 Å². The molecule has 0 saturated carbocycles. The molecular weight excluding hydrogens is 244 g/mol. The Bertz CT molecular complexity index is 548. The van der Waals surface area contributed by atoms with Gasteiger partial charge in [0.1, 0.15) is 0 Å². The van der Waals surface area contributed by atoms with E-state index in [-0.39, 0.29) is 5.91 Å². The van der Waals surface area contributed by atoms with E-state index in [9.17, 15) is 4.79 Å². The topological polar surface area (TPSA) is 34.0 Å². The average Bonchev–Trinajstić information content (AvgIpc) is 2.71. The summed E-state index contributed by atoms with van der Waals surface area (Å²) >= 11 is 4.07. The Morgan fingerprint density at radius 3 is 2.94 bits per heavy atom. The van der Waals surface area contributed by atoms with Gasteiger partial charge in [0.25, 0.3) is 0 Å². The lowest BCUT2D eigenvalue weighted by Crippen LogP contribution is -2.25. The van der Waals surface area contributed by atoms with Crippen LogP contribution in [-0.2, 0) is 18.3 Å². The van der Waals surface area contributed by atoms with Gasteiger partial charge in [0.05, 0.1) is 0 Å². The second-order valence-corrected chi connectivity index (χ2v) is 4.80. The summed E-state index contributed by atoms with van der Waals surface area (Å²) in [5.74, 6) is 0.775. The molecular formula is C14H18N2OS. The second-order valence-electron chi connectivity index (χ2n) is 4.36. The van der Waals surface area contributed by atoms with Gasteiger partial charge in [-0.15, -0.1) is 0 Å². The van der Waals surface area contributed by atoms with Gasteiger partial charge in [0, 0.05) is 42.9 Å². The Kier molecular flexibility index (Phi) is 4.31. The molecule has 1 amide bonds. The number of amides is 1. The van der Waals surface area contributed by atoms with Gasteiger partial charge < -0.3 is 9.88 Å². The van der Waals surface area contributed by atoms with E-state index >= 15 is 0 Å².